The minimum absolute atomic E-state index is 0.192. The molecule has 0 bridgehead atoms. The van der Waals surface area contributed by atoms with Crippen LogP contribution in [0.25, 0.3) is 0 Å². The molecule has 1 aliphatic rings. The third-order valence-corrected chi connectivity index (χ3v) is 3.48. The van der Waals surface area contributed by atoms with E-state index in [9.17, 15) is 4.79 Å². The van der Waals surface area contributed by atoms with Crippen LogP contribution in [-0.2, 0) is 9.47 Å². The Labute approximate surface area is 96.9 Å². The first-order valence-electron chi connectivity index (χ1n) is 5.51. The first kappa shape index (κ1) is 12.7. The van der Waals surface area contributed by atoms with Crippen molar-refractivity contribution in [2.75, 3.05) is 0 Å². The fraction of sp³-hybridized carbons (Fsp3) is 0.909. The van der Waals surface area contributed by atoms with Gasteiger partial charge in [-0.05, 0) is 38.5 Å². The van der Waals surface area contributed by atoms with E-state index < -0.39 is 6.16 Å². The number of carbonyl (C=O) groups is 1. The summed E-state index contributed by atoms with van der Waals surface area (Å²) >= 11 is 4.17. The quantitative estimate of drug-likeness (QED) is 0.460. The third-order valence-electron chi connectivity index (χ3n) is 2.78. The lowest BCUT2D eigenvalue weighted by Gasteiger charge is -2.25. The molecule has 88 valence electrons. The summed E-state index contributed by atoms with van der Waals surface area (Å²) in [6.07, 6.45) is 3.52. The molecule has 15 heavy (non-hydrogen) atoms. The van der Waals surface area contributed by atoms with Crippen molar-refractivity contribution in [3.05, 3.63) is 0 Å². The van der Waals surface area contributed by atoms with Crippen LogP contribution in [0, 0.1) is 5.92 Å². The smallest absolute Gasteiger partial charge is 0.428 e. The van der Waals surface area contributed by atoms with Crippen LogP contribution in [0.2, 0.25) is 0 Å². The highest BCUT2D eigenvalue weighted by Crippen LogP contribution is 2.33. The van der Waals surface area contributed by atoms with Gasteiger partial charge in [0.15, 0.2) is 5.44 Å². The average Bonchev–Trinajstić information content (AvgIpc) is 2.50. The molecular formula is C11H20O3S. The standard InChI is InChI=1S/C11H20O3S/c1-8(2)9(15)13-10(12)14-11(3)6-4-5-7-11/h8-9,15H,4-7H2,1-3H3. The monoisotopic (exact) mass is 232 g/mol. The highest BCUT2D eigenvalue weighted by atomic mass is 32.1. The van der Waals surface area contributed by atoms with Gasteiger partial charge in [-0.2, -0.15) is 0 Å². The fourth-order valence-electron chi connectivity index (χ4n) is 1.68. The van der Waals surface area contributed by atoms with Gasteiger partial charge in [0.2, 0.25) is 0 Å². The van der Waals surface area contributed by atoms with Gasteiger partial charge in [0.05, 0.1) is 0 Å². The van der Waals surface area contributed by atoms with Gasteiger partial charge in [0.25, 0.3) is 0 Å². The van der Waals surface area contributed by atoms with Crippen LogP contribution in [-0.4, -0.2) is 17.2 Å². The van der Waals surface area contributed by atoms with Crippen LogP contribution in [0.4, 0.5) is 4.79 Å². The maximum Gasteiger partial charge on any atom is 0.509 e. The normalized spacial score (nSPS) is 21.4. The molecule has 0 saturated heterocycles. The Bertz CT molecular complexity index is 222. The number of rotatable bonds is 3. The SMILES string of the molecule is CC(C)C(S)OC(=O)OC1(C)CCCC1. The minimum atomic E-state index is -0.590. The molecule has 1 rings (SSSR count). The predicted molar refractivity (Wildman–Crippen MR) is 62.1 cm³/mol. The van der Waals surface area contributed by atoms with Gasteiger partial charge in [-0.25, -0.2) is 4.79 Å². The number of carbonyl (C=O) groups excluding carboxylic acids is 1. The molecule has 4 heteroatoms. The molecule has 3 nitrogen and oxygen atoms in total. The molecule has 1 fully saturated rings. The summed E-state index contributed by atoms with van der Waals surface area (Å²) in [5.41, 5.74) is -0.704. The van der Waals surface area contributed by atoms with Gasteiger partial charge < -0.3 is 9.47 Å². The first-order chi connectivity index (χ1) is 6.93. The maximum atomic E-state index is 11.4. The van der Waals surface area contributed by atoms with Crippen molar-refractivity contribution < 1.29 is 14.3 Å². The zero-order valence-electron chi connectivity index (χ0n) is 9.66. The number of ether oxygens (including phenoxy) is 2. The first-order valence-corrected chi connectivity index (χ1v) is 6.02. The summed E-state index contributed by atoms with van der Waals surface area (Å²) < 4.78 is 10.4. The fourth-order valence-corrected chi connectivity index (χ4v) is 1.77. The summed E-state index contributed by atoms with van der Waals surface area (Å²) in [5, 5.41) is 0. The zero-order chi connectivity index (χ0) is 11.5. The molecule has 0 aliphatic heterocycles. The van der Waals surface area contributed by atoms with E-state index in [1.807, 2.05) is 20.8 Å². The van der Waals surface area contributed by atoms with Gasteiger partial charge in [-0.15, -0.1) is 12.6 Å². The van der Waals surface area contributed by atoms with E-state index in [1.165, 1.54) is 0 Å². The molecule has 0 radical (unpaired) electrons. The molecule has 0 heterocycles. The zero-order valence-corrected chi connectivity index (χ0v) is 10.5. The summed E-state index contributed by atoms with van der Waals surface area (Å²) in [6.45, 7) is 5.86. The molecule has 1 unspecified atom stereocenters. The Kier molecular flexibility index (Phi) is 4.32. The van der Waals surface area contributed by atoms with Crippen molar-refractivity contribution in [2.45, 2.75) is 57.5 Å². The average molecular weight is 232 g/mol. The van der Waals surface area contributed by atoms with E-state index in [-0.39, 0.29) is 17.0 Å². The molecule has 0 aromatic rings. The number of hydrogen-bond acceptors (Lipinski definition) is 4. The van der Waals surface area contributed by atoms with Gasteiger partial charge in [0, 0.05) is 0 Å². The van der Waals surface area contributed by atoms with Crippen LogP contribution < -0.4 is 0 Å². The molecule has 1 saturated carbocycles. The molecule has 0 N–H and O–H groups in total. The minimum Gasteiger partial charge on any atom is -0.428 e. The molecule has 1 aliphatic carbocycles. The van der Waals surface area contributed by atoms with Crippen molar-refractivity contribution in [2.24, 2.45) is 5.92 Å². The maximum absolute atomic E-state index is 11.4. The molecular weight excluding hydrogens is 212 g/mol. The van der Waals surface area contributed by atoms with Crippen LogP contribution in [0.3, 0.4) is 0 Å². The van der Waals surface area contributed by atoms with Crippen molar-refractivity contribution in [3.63, 3.8) is 0 Å². The Morgan fingerprint density at radius 1 is 1.33 bits per heavy atom. The number of hydrogen-bond donors (Lipinski definition) is 1. The van der Waals surface area contributed by atoms with Crippen LogP contribution >= 0.6 is 12.6 Å². The van der Waals surface area contributed by atoms with Crippen LogP contribution in [0.1, 0.15) is 46.5 Å². The Balaban J connectivity index is 2.35. The highest BCUT2D eigenvalue weighted by Gasteiger charge is 2.33. The van der Waals surface area contributed by atoms with E-state index in [0.29, 0.717) is 0 Å². The third kappa shape index (κ3) is 3.93. The van der Waals surface area contributed by atoms with Crippen LogP contribution in [0.5, 0.6) is 0 Å². The van der Waals surface area contributed by atoms with Gasteiger partial charge in [-0.1, -0.05) is 13.8 Å². The molecule has 0 amide bonds. The second-order valence-electron chi connectivity index (χ2n) is 4.76. The van der Waals surface area contributed by atoms with Crippen molar-refractivity contribution in [1.29, 1.82) is 0 Å². The topological polar surface area (TPSA) is 35.5 Å². The van der Waals surface area contributed by atoms with E-state index in [4.69, 9.17) is 9.47 Å². The Morgan fingerprint density at radius 2 is 1.87 bits per heavy atom. The summed E-state index contributed by atoms with van der Waals surface area (Å²) in [4.78, 5) is 11.4. The Hall–Kier alpha value is -0.380. The van der Waals surface area contributed by atoms with E-state index in [2.05, 4.69) is 12.6 Å². The highest BCUT2D eigenvalue weighted by molar-refractivity contribution is 7.80. The van der Waals surface area contributed by atoms with Crippen molar-refractivity contribution >= 4 is 18.8 Å². The van der Waals surface area contributed by atoms with Crippen LogP contribution in [0.15, 0.2) is 0 Å². The van der Waals surface area contributed by atoms with Gasteiger partial charge in [-0.3, -0.25) is 0 Å². The predicted octanol–water partition coefficient (Wildman–Crippen LogP) is 3.38. The largest absolute Gasteiger partial charge is 0.509 e. The van der Waals surface area contributed by atoms with E-state index in [1.54, 1.807) is 0 Å². The number of thiol groups is 1. The van der Waals surface area contributed by atoms with Gasteiger partial charge in [0.1, 0.15) is 5.60 Å². The molecule has 0 spiro atoms. The van der Waals surface area contributed by atoms with Crippen molar-refractivity contribution in [1.82, 2.24) is 0 Å². The van der Waals surface area contributed by atoms with E-state index in [0.717, 1.165) is 25.7 Å². The lowest BCUT2D eigenvalue weighted by molar-refractivity contribution is -0.0310. The molecule has 1 atom stereocenters. The van der Waals surface area contributed by atoms with Crippen molar-refractivity contribution in [3.8, 4) is 0 Å². The summed E-state index contributed by atoms with van der Waals surface area (Å²) in [5.74, 6) is 0.192. The summed E-state index contributed by atoms with van der Waals surface area (Å²) in [7, 11) is 0. The van der Waals surface area contributed by atoms with E-state index >= 15 is 0 Å². The van der Waals surface area contributed by atoms with Gasteiger partial charge >= 0.3 is 6.16 Å². The lowest BCUT2D eigenvalue weighted by atomic mass is 10.1. The second-order valence-corrected chi connectivity index (χ2v) is 5.27. The molecule has 0 aromatic heterocycles. The Morgan fingerprint density at radius 3 is 2.33 bits per heavy atom. The second kappa shape index (κ2) is 5.10. The molecule has 0 aromatic carbocycles. The lowest BCUT2D eigenvalue weighted by Crippen LogP contribution is -2.30. The summed E-state index contributed by atoms with van der Waals surface area (Å²) in [6, 6.07) is 0.